The van der Waals surface area contributed by atoms with Crippen LogP contribution in [0.1, 0.15) is 60.8 Å². The standard InChI is InChI=1S/3C17H18O7P2/c3*1-3-14(4-2)22-26(20,23-16-9-5-7-13(18)11-16)24-17-10-6-8-15(12-17)21-25-19/h3*3,5-12,18H,4H2,1-2H3/b3*14-3-. The van der Waals surface area contributed by atoms with Gasteiger partial charge in [-0.05, 0) is 112 Å². The highest BCUT2D eigenvalue weighted by molar-refractivity contribution is 7.50. The Bertz CT molecular complexity index is 2840. The number of aromatic hydroxyl groups is 3. The van der Waals surface area contributed by atoms with Crippen molar-refractivity contribution in [2.45, 2.75) is 60.8 Å². The van der Waals surface area contributed by atoms with Gasteiger partial charge in [-0.25, -0.2) is 13.7 Å². The maximum atomic E-state index is 13.2. The van der Waals surface area contributed by atoms with Gasteiger partial charge in [-0.3, -0.25) is 0 Å². The lowest BCUT2D eigenvalue weighted by Gasteiger charge is -2.20. The molecule has 0 spiro atoms. The molecule has 6 rings (SSSR count). The summed E-state index contributed by atoms with van der Waals surface area (Å²) in [7, 11) is -14.0. The van der Waals surface area contributed by atoms with Crippen LogP contribution in [-0.4, -0.2) is 15.3 Å². The fraction of sp³-hybridized carbons (Fsp3) is 0.176. The second-order valence-corrected chi connectivity index (χ2v) is 20.2. The van der Waals surface area contributed by atoms with Crippen LogP contribution in [0.15, 0.2) is 181 Å². The average Bonchev–Trinajstić information content (AvgIpc) is 3.40. The fourth-order valence-electron chi connectivity index (χ4n) is 5.85. The molecule has 0 heterocycles. The van der Waals surface area contributed by atoms with Gasteiger partial charge >= 0.3 is 49.5 Å². The van der Waals surface area contributed by atoms with Gasteiger partial charge in [0.05, 0.1) is 0 Å². The summed E-state index contributed by atoms with van der Waals surface area (Å²) >= 11 is 0. The van der Waals surface area contributed by atoms with Crippen molar-refractivity contribution in [3.63, 3.8) is 0 Å². The summed E-state index contributed by atoms with van der Waals surface area (Å²) in [5.74, 6) is 2.61. The summed E-state index contributed by atoms with van der Waals surface area (Å²) in [6.07, 6.45) is 6.38. The van der Waals surface area contributed by atoms with Gasteiger partial charge in [-0.2, -0.15) is 13.7 Å². The van der Waals surface area contributed by atoms with Crippen molar-refractivity contribution in [1.29, 1.82) is 0 Å². The molecule has 0 radical (unpaired) electrons. The zero-order valence-electron chi connectivity index (χ0n) is 42.6. The molecule has 0 saturated carbocycles. The molecule has 0 amide bonds. The van der Waals surface area contributed by atoms with E-state index in [-0.39, 0.29) is 69.0 Å². The van der Waals surface area contributed by atoms with E-state index in [9.17, 15) is 42.7 Å². The van der Waals surface area contributed by atoms with E-state index in [1.165, 1.54) is 109 Å². The molecular formula is C51H54O21P6. The summed E-state index contributed by atoms with van der Waals surface area (Å²) in [5.41, 5.74) is 0. The molecule has 0 saturated heterocycles. The quantitative estimate of drug-likeness (QED) is 0.0319. The second-order valence-electron chi connectivity index (χ2n) is 14.9. The van der Waals surface area contributed by atoms with Crippen molar-refractivity contribution in [2.75, 3.05) is 0 Å². The molecule has 0 fully saturated rings. The zero-order chi connectivity index (χ0) is 57.0. The van der Waals surface area contributed by atoms with Gasteiger partial charge in [0.25, 0.3) is 0 Å². The van der Waals surface area contributed by atoms with Gasteiger partial charge in [0.2, 0.25) is 0 Å². The zero-order valence-corrected chi connectivity index (χ0v) is 47.9. The van der Waals surface area contributed by atoms with Crippen molar-refractivity contribution in [3.8, 4) is 69.0 Å². The Labute approximate surface area is 455 Å². The van der Waals surface area contributed by atoms with Crippen LogP contribution in [0.5, 0.6) is 69.0 Å². The van der Waals surface area contributed by atoms with Crippen molar-refractivity contribution >= 4 is 49.5 Å². The predicted octanol–water partition coefficient (Wildman–Crippen LogP) is 17.6. The normalized spacial score (nSPS) is 13.7. The number of phenols is 3. The molecule has 0 bridgehead atoms. The number of hydrogen-bond acceptors (Lipinski definition) is 21. The Hall–Kier alpha value is -7.47. The Morgan fingerprint density at radius 3 is 0.769 bits per heavy atom. The van der Waals surface area contributed by atoms with Crippen molar-refractivity contribution in [3.05, 3.63) is 181 Å². The fourth-order valence-corrected chi connectivity index (χ4v) is 10.6. The number of hydrogen-bond donors (Lipinski definition) is 3. The molecule has 3 unspecified atom stereocenters. The summed E-state index contributed by atoms with van der Waals surface area (Å²) in [4.78, 5) is 0. The Kier molecular flexibility index (Phi) is 26.1. The van der Waals surface area contributed by atoms with Crippen LogP contribution in [0, 0.1) is 0 Å². The molecule has 0 aromatic heterocycles. The Morgan fingerprint density at radius 1 is 0.372 bits per heavy atom. The van der Waals surface area contributed by atoms with E-state index in [2.05, 4.69) is 0 Å². The molecule has 0 aliphatic heterocycles. The average molecular weight is 1190 g/mol. The minimum Gasteiger partial charge on any atom is -0.508 e. The van der Waals surface area contributed by atoms with E-state index >= 15 is 0 Å². The molecule has 78 heavy (non-hydrogen) atoms. The molecular weight excluding hydrogens is 1130 g/mol. The van der Waals surface area contributed by atoms with Crippen molar-refractivity contribution in [1.82, 2.24) is 0 Å². The lowest BCUT2D eigenvalue weighted by molar-refractivity contribution is 0.249. The van der Waals surface area contributed by atoms with Crippen LogP contribution in [-0.2, 0) is 41.0 Å². The van der Waals surface area contributed by atoms with E-state index in [0.717, 1.165) is 0 Å². The van der Waals surface area contributed by atoms with Crippen molar-refractivity contribution in [2.24, 2.45) is 0 Å². The van der Waals surface area contributed by atoms with Gasteiger partial charge < -0.3 is 69.6 Å². The molecule has 0 aliphatic rings. The first kappa shape index (κ1) is 63.1. The number of benzene rings is 6. The first-order valence-electron chi connectivity index (χ1n) is 23.1. The minimum atomic E-state index is -4.13. The van der Waals surface area contributed by atoms with Crippen LogP contribution in [0.3, 0.4) is 0 Å². The maximum Gasteiger partial charge on any atom is 0.646 e. The lowest BCUT2D eigenvalue weighted by Crippen LogP contribution is -2.05. The van der Waals surface area contributed by atoms with Crippen LogP contribution < -0.4 is 40.7 Å². The number of allylic oxidation sites excluding steroid dienone is 6. The first-order chi connectivity index (χ1) is 37.4. The minimum absolute atomic E-state index is 0.0550. The molecule has 27 heteroatoms. The maximum absolute atomic E-state index is 13.2. The third-order valence-electron chi connectivity index (χ3n) is 9.30. The monoisotopic (exact) mass is 1190 g/mol. The molecule has 6 aromatic carbocycles. The summed E-state index contributed by atoms with van der Waals surface area (Å²) in [5, 5.41) is 28.7. The summed E-state index contributed by atoms with van der Waals surface area (Å²) in [6, 6.07) is 35.5. The SMILES string of the molecule is C/C=C(/CC)OP(=O)(Oc1cccc(O)c1)Oc1cccc(OP=O)c1.C/C=C(/CC)OP(=O)(Oc1cccc(O)c1)Oc1cccc(OP=O)c1.C/C=C(/CC)OP(=O)(Oc1cccc(O)c1)Oc1cccc(OP=O)c1. The van der Waals surface area contributed by atoms with Gasteiger partial charge in [-0.1, -0.05) is 57.2 Å². The topological polar surface area (TPSA) is 274 Å². The third-order valence-corrected chi connectivity index (χ3v) is 14.1. The Morgan fingerprint density at radius 2 is 0.577 bits per heavy atom. The van der Waals surface area contributed by atoms with Gasteiger partial charge in [-0.15, -0.1) is 0 Å². The molecule has 3 atom stereocenters. The van der Waals surface area contributed by atoms with Gasteiger partial charge in [0, 0.05) is 55.7 Å². The second kappa shape index (κ2) is 32.3. The van der Waals surface area contributed by atoms with Crippen LogP contribution in [0.2, 0.25) is 0 Å². The predicted molar refractivity (Wildman–Crippen MR) is 290 cm³/mol. The highest BCUT2D eigenvalue weighted by atomic mass is 31.2. The third kappa shape index (κ3) is 22.2. The highest BCUT2D eigenvalue weighted by Gasteiger charge is 2.36. The number of phosphoric ester groups is 3. The van der Waals surface area contributed by atoms with E-state index < -0.39 is 49.5 Å². The van der Waals surface area contributed by atoms with Crippen molar-refractivity contribution < 1.29 is 97.0 Å². The van der Waals surface area contributed by atoms with Crippen LogP contribution in [0.4, 0.5) is 0 Å². The molecule has 0 aliphatic carbocycles. The van der Waals surface area contributed by atoms with Crippen LogP contribution in [0.25, 0.3) is 0 Å². The summed E-state index contributed by atoms with van der Waals surface area (Å²) < 4.78 is 135. The summed E-state index contributed by atoms with van der Waals surface area (Å²) in [6.45, 7) is 10.7. The molecule has 414 valence electrons. The number of phosphoric acid groups is 3. The number of rotatable bonds is 27. The van der Waals surface area contributed by atoms with Gasteiger partial charge in [0.1, 0.15) is 86.3 Å². The van der Waals surface area contributed by atoms with E-state index in [1.54, 1.807) is 75.4 Å². The van der Waals surface area contributed by atoms with E-state index in [4.69, 9.17) is 54.3 Å². The smallest absolute Gasteiger partial charge is 0.508 e. The van der Waals surface area contributed by atoms with Gasteiger partial charge in [0.15, 0.2) is 0 Å². The molecule has 21 nitrogen and oxygen atoms in total. The van der Waals surface area contributed by atoms with E-state index in [1.807, 2.05) is 20.8 Å². The lowest BCUT2D eigenvalue weighted by atomic mass is 10.3. The van der Waals surface area contributed by atoms with Crippen LogP contribution >= 0.6 is 49.5 Å². The highest BCUT2D eigenvalue weighted by Crippen LogP contribution is 2.55. The number of phenolic OH excluding ortho intramolecular Hbond substituents is 3. The first-order valence-corrected chi connectivity index (χ1v) is 29.7. The molecule has 3 N–H and O–H groups in total. The molecule has 6 aromatic rings. The van der Waals surface area contributed by atoms with E-state index in [0.29, 0.717) is 36.5 Å². The Balaban J connectivity index is 0.000000252. The largest absolute Gasteiger partial charge is 0.646 e.